The molecule has 0 atom stereocenters. The van der Waals surface area contributed by atoms with Gasteiger partial charge in [-0.25, -0.2) is 0 Å². The second-order valence-corrected chi connectivity index (χ2v) is 7.82. The smallest absolute Gasteiger partial charge is 0.0619 e. The third kappa shape index (κ3) is 1.60. The molecule has 0 nitrogen and oxygen atoms in total. The van der Waals surface area contributed by atoms with Gasteiger partial charge < -0.3 is 0 Å². The van der Waals surface area contributed by atoms with E-state index in [0.29, 0.717) is 0 Å². The van der Waals surface area contributed by atoms with E-state index < -0.39 is 0 Å². The summed E-state index contributed by atoms with van der Waals surface area (Å²) in [5.74, 6) is 0. The van der Waals surface area contributed by atoms with Crippen LogP contribution in [0, 0.1) is 13.8 Å². The van der Waals surface area contributed by atoms with Crippen LogP contribution >= 0.6 is 0 Å². The summed E-state index contributed by atoms with van der Waals surface area (Å²) in [6, 6.07) is 31.6. The fourth-order valence-corrected chi connectivity index (χ4v) is 5.46. The molecule has 0 aromatic heterocycles. The van der Waals surface area contributed by atoms with Crippen molar-refractivity contribution in [2.75, 3.05) is 0 Å². The van der Waals surface area contributed by atoms with Crippen LogP contribution in [0.4, 0.5) is 0 Å². The molecule has 0 unspecified atom stereocenters. The van der Waals surface area contributed by atoms with Crippen LogP contribution in [-0.2, 0) is 5.41 Å². The molecule has 2 aliphatic rings. The molecule has 4 aromatic carbocycles. The van der Waals surface area contributed by atoms with E-state index in [-0.39, 0.29) is 5.41 Å². The van der Waals surface area contributed by atoms with E-state index in [2.05, 4.69) is 98.8 Å². The van der Waals surface area contributed by atoms with Gasteiger partial charge in [-0.15, -0.1) is 0 Å². The molecule has 6 rings (SSSR count). The normalized spacial score (nSPS) is 14.6. The molecule has 0 N–H and O–H groups in total. The van der Waals surface area contributed by atoms with Crippen molar-refractivity contribution in [1.29, 1.82) is 0 Å². The van der Waals surface area contributed by atoms with E-state index in [1.165, 1.54) is 55.6 Å². The maximum Gasteiger partial charge on any atom is 0.0725 e. The summed E-state index contributed by atoms with van der Waals surface area (Å²) in [4.78, 5) is 0. The van der Waals surface area contributed by atoms with Crippen LogP contribution in [0.3, 0.4) is 0 Å². The Bertz CT molecular complexity index is 1200. The lowest BCUT2D eigenvalue weighted by molar-refractivity contribution is 0.793. The van der Waals surface area contributed by atoms with Crippen LogP contribution < -0.4 is 0 Å². The molecule has 128 valence electrons. The Hall–Kier alpha value is -3.12. The molecule has 27 heavy (non-hydrogen) atoms. The van der Waals surface area contributed by atoms with Gasteiger partial charge in [0.25, 0.3) is 0 Å². The van der Waals surface area contributed by atoms with Gasteiger partial charge in [-0.3, -0.25) is 0 Å². The zero-order valence-electron chi connectivity index (χ0n) is 15.6. The average molecular weight is 344 g/mol. The van der Waals surface area contributed by atoms with E-state index >= 15 is 0 Å². The van der Waals surface area contributed by atoms with Crippen molar-refractivity contribution < 1.29 is 0 Å². The molecule has 2 aliphatic carbocycles. The number of hydrogen-bond donors (Lipinski definition) is 0. The first kappa shape index (κ1) is 15.0. The number of benzene rings is 4. The van der Waals surface area contributed by atoms with Crippen molar-refractivity contribution >= 4 is 0 Å². The molecule has 0 saturated carbocycles. The lowest BCUT2D eigenvalue weighted by Gasteiger charge is -2.30. The van der Waals surface area contributed by atoms with Crippen LogP contribution in [-0.4, -0.2) is 0 Å². The predicted octanol–water partition coefficient (Wildman–Crippen LogP) is 6.65. The second-order valence-electron chi connectivity index (χ2n) is 7.82. The van der Waals surface area contributed by atoms with E-state index in [4.69, 9.17) is 0 Å². The molecular formula is C27H20. The number of rotatable bonds is 0. The molecule has 0 aliphatic heterocycles. The highest BCUT2D eigenvalue weighted by atomic mass is 14.5. The fourth-order valence-electron chi connectivity index (χ4n) is 5.46. The Kier molecular flexibility index (Phi) is 2.77. The minimum atomic E-state index is -0.197. The van der Waals surface area contributed by atoms with Crippen molar-refractivity contribution in [3.05, 3.63) is 118 Å². The Morgan fingerprint density at radius 1 is 0.481 bits per heavy atom. The monoisotopic (exact) mass is 344 g/mol. The summed E-state index contributed by atoms with van der Waals surface area (Å²) >= 11 is 0. The molecule has 0 radical (unpaired) electrons. The first-order valence-electron chi connectivity index (χ1n) is 9.64. The van der Waals surface area contributed by atoms with Gasteiger partial charge in [0.2, 0.25) is 0 Å². The predicted molar refractivity (Wildman–Crippen MR) is 112 cm³/mol. The van der Waals surface area contributed by atoms with Crippen LogP contribution in [0.2, 0.25) is 0 Å². The lowest BCUT2D eigenvalue weighted by atomic mass is 9.70. The van der Waals surface area contributed by atoms with E-state index in [1.54, 1.807) is 0 Å². The van der Waals surface area contributed by atoms with Crippen LogP contribution in [0.5, 0.6) is 0 Å². The van der Waals surface area contributed by atoms with Crippen LogP contribution in [0.1, 0.15) is 33.4 Å². The second kappa shape index (κ2) is 4.98. The SMILES string of the molecule is Cc1ccc2c(c1C)-c1ccccc1C21c2ccccc2-c2ccccc21. The number of aryl methyl sites for hydroxylation is 1. The number of hydrogen-bond acceptors (Lipinski definition) is 0. The van der Waals surface area contributed by atoms with Gasteiger partial charge in [0.15, 0.2) is 0 Å². The average Bonchev–Trinajstić information content (AvgIpc) is 3.18. The molecule has 1 spiro atoms. The molecule has 0 saturated heterocycles. The summed E-state index contributed by atoms with van der Waals surface area (Å²) in [6.07, 6.45) is 0. The third-order valence-corrected chi connectivity index (χ3v) is 6.69. The minimum Gasteiger partial charge on any atom is -0.0619 e. The van der Waals surface area contributed by atoms with E-state index in [9.17, 15) is 0 Å². The van der Waals surface area contributed by atoms with Crippen molar-refractivity contribution in [3.63, 3.8) is 0 Å². The summed E-state index contributed by atoms with van der Waals surface area (Å²) in [6.45, 7) is 4.50. The highest BCUT2D eigenvalue weighted by Crippen LogP contribution is 2.63. The largest absolute Gasteiger partial charge is 0.0725 e. The molecule has 0 heteroatoms. The summed E-state index contributed by atoms with van der Waals surface area (Å²) in [5, 5.41) is 0. The molecule has 4 aromatic rings. The van der Waals surface area contributed by atoms with Gasteiger partial charge in [0, 0.05) is 0 Å². The van der Waals surface area contributed by atoms with Gasteiger partial charge >= 0.3 is 0 Å². The molecular weight excluding hydrogens is 324 g/mol. The highest BCUT2D eigenvalue weighted by Gasteiger charge is 2.51. The van der Waals surface area contributed by atoms with Crippen molar-refractivity contribution in [3.8, 4) is 22.3 Å². The van der Waals surface area contributed by atoms with Gasteiger partial charge in [0.05, 0.1) is 5.41 Å². The molecule has 0 amide bonds. The molecule has 0 fully saturated rings. The standard InChI is InChI=1S/C27H20/c1-17-15-16-25-26(18(17)2)21-11-5-8-14-24(21)27(25)22-12-6-3-9-19(22)20-10-4-7-13-23(20)27/h3-16H,1-2H3. The van der Waals surface area contributed by atoms with Gasteiger partial charge in [-0.1, -0.05) is 84.9 Å². The Morgan fingerprint density at radius 2 is 0.963 bits per heavy atom. The zero-order valence-corrected chi connectivity index (χ0v) is 15.6. The third-order valence-electron chi connectivity index (χ3n) is 6.69. The van der Waals surface area contributed by atoms with E-state index in [0.717, 1.165) is 0 Å². The zero-order chi connectivity index (χ0) is 18.2. The summed E-state index contributed by atoms with van der Waals surface area (Å²) < 4.78 is 0. The minimum absolute atomic E-state index is 0.197. The lowest BCUT2D eigenvalue weighted by Crippen LogP contribution is -2.25. The van der Waals surface area contributed by atoms with Crippen molar-refractivity contribution in [2.45, 2.75) is 19.3 Å². The van der Waals surface area contributed by atoms with Gasteiger partial charge in [0.1, 0.15) is 0 Å². The molecule has 0 heterocycles. The van der Waals surface area contributed by atoms with Crippen LogP contribution in [0.25, 0.3) is 22.3 Å². The van der Waals surface area contributed by atoms with E-state index in [1.807, 2.05) is 0 Å². The first-order chi connectivity index (χ1) is 13.2. The molecule has 0 bridgehead atoms. The maximum absolute atomic E-state index is 2.37. The topological polar surface area (TPSA) is 0 Å². The quantitative estimate of drug-likeness (QED) is 0.289. The maximum atomic E-state index is 2.37. The van der Waals surface area contributed by atoms with Crippen molar-refractivity contribution in [2.24, 2.45) is 0 Å². The summed E-state index contributed by atoms with van der Waals surface area (Å²) in [5.41, 5.74) is 13.8. The number of fused-ring (bicyclic) bond motifs is 10. The Balaban J connectivity index is 1.89. The summed E-state index contributed by atoms with van der Waals surface area (Å²) in [7, 11) is 0. The van der Waals surface area contributed by atoms with Gasteiger partial charge in [-0.2, -0.15) is 0 Å². The van der Waals surface area contributed by atoms with Gasteiger partial charge in [-0.05, 0) is 69.5 Å². The fraction of sp³-hybridized carbons (Fsp3) is 0.111. The Morgan fingerprint density at radius 3 is 1.56 bits per heavy atom. The highest BCUT2D eigenvalue weighted by molar-refractivity contribution is 5.95. The van der Waals surface area contributed by atoms with Crippen molar-refractivity contribution in [1.82, 2.24) is 0 Å². The van der Waals surface area contributed by atoms with Crippen LogP contribution in [0.15, 0.2) is 84.9 Å². The Labute approximate surface area is 160 Å². The first-order valence-corrected chi connectivity index (χ1v) is 9.64.